The highest BCUT2D eigenvalue weighted by Gasteiger charge is 2.34. The molecule has 0 aromatic carbocycles. The number of halogens is 6. The first-order chi connectivity index (χ1) is 8.51. The van der Waals surface area contributed by atoms with Crippen LogP contribution in [0.3, 0.4) is 0 Å². The third-order valence-electron chi connectivity index (χ3n) is 2.51. The lowest BCUT2D eigenvalue weighted by atomic mass is 10.0. The van der Waals surface area contributed by atoms with Gasteiger partial charge in [0.15, 0.2) is 0 Å². The Bertz CT molecular complexity index is 337. The van der Waals surface area contributed by atoms with E-state index in [1.807, 2.05) is 0 Å². The summed E-state index contributed by atoms with van der Waals surface area (Å²) < 4.78 is 78.8. The lowest BCUT2D eigenvalue weighted by Gasteiger charge is -2.15. The van der Waals surface area contributed by atoms with Crippen LogP contribution >= 0.6 is 0 Å². The quantitative estimate of drug-likeness (QED) is 0.522. The topological polar surface area (TPSA) is 9.23 Å². The van der Waals surface area contributed by atoms with Crippen molar-refractivity contribution in [1.82, 2.24) is 0 Å². The SMILES string of the molecule is CC/C(=C\C(=C/CC(F)(F)F)C(F)(F)F)C(C)OC. The van der Waals surface area contributed by atoms with Crippen molar-refractivity contribution in [2.45, 2.75) is 45.1 Å². The molecule has 19 heavy (non-hydrogen) atoms. The second-order valence-electron chi connectivity index (χ2n) is 3.93. The number of allylic oxidation sites excluding steroid dienone is 3. The summed E-state index contributed by atoms with van der Waals surface area (Å²) >= 11 is 0. The van der Waals surface area contributed by atoms with E-state index in [0.29, 0.717) is 0 Å². The molecule has 0 fully saturated rings. The minimum atomic E-state index is -4.82. The highest BCUT2D eigenvalue weighted by atomic mass is 19.4. The summed E-state index contributed by atoms with van der Waals surface area (Å²) in [6.07, 6.45) is -10.5. The van der Waals surface area contributed by atoms with Gasteiger partial charge in [0, 0.05) is 7.11 Å². The number of hydrogen-bond acceptors (Lipinski definition) is 1. The van der Waals surface area contributed by atoms with Crippen molar-refractivity contribution in [3.8, 4) is 0 Å². The van der Waals surface area contributed by atoms with Crippen LogP contribution in [0.2, 0.25) is 0 Å². The van der Waals surface area contributed by atoms with Crippen LogP contribution in [-0.4, -0.2) is 25.6 Å². The molecule has 0 aliphatic heterocycles. The van der Waals surface area contributed by atoms with Crippen molar-refractivity contribution in [2.24, 2.45) is 0 Å². The predicted molar refractivity (Wildman–Crippen MR) is 59.7 cm³/mol. The van der Waals surface area contributed by atoms with Gasteiger partial charge in [-0.25, -0.2) is 0 Å². The molecule has 1 unspecified atom stereocenters. The van der Waals surface area contributed by atoms with Crippen LogP contribution in [-0.2, 0) is 4.74 Å². The molecule has 0 amide bonds. The molecule has 0 aliphatic carbocycles. The largest absolute Gasteiger partial charge is 0.416 e. The molecule has 0 saturated heterocycles. The van der Waals surface area contributed by atoms with Crippen LogP contribution < -0.4 is 0 Å². The normalized spacial score (nSPS) is 16.7. The molecule has 0 N–H and O–H groups in total. The van der Waals surface area contributed by atoms with Gasteiger partial charge >= 0.3 is 12.4 Å². The molecular formula is C12H16F6O. The molecular weight excluding hydrogens is 274 g/mol. The lowest BCUT2D eigenvalue weighted by molar-refractivity contribution is -0.126. The summed E-state index contributed by atoms with van der Waals surface area (Å²) in [5, 5.41) is 0. The Labute approximate surface area is 107 Å². The molecule has 0 aliphatic rings. The van der Waals surface area contributed by atoms with Crippen molar-refractivity contribution < 1.29 is 31.1 Å². The molecule has 0 spiro atoms. The maximum atomic E-state index is 12.6. The molecule has 0 rings (SSSR count). The van der Waals surface area contributed by atoms with Gasteiger partial charge in [-0.2, -0.15) is 26.3 Å². The monoisotopic (exact) mass is 290 g/mol. The molecule has 0 bridgehead atoms. The first kappa shape index (κ1) is 18.0. The molecule has 0 saturated carbocycles. The summed E-state index contributed by atoms with van der Waals surface area (Å²) in [6.45, 7) is 3.15. The molecule has 7 heteroatoms. The van der Waals surface area contributed by atoms with E-state index in [9.17, 15) is 26.3 Å². The number of alkyl halides is 6. The van der Waals surface area contributed by atoms with E-state index in [2.05, 4.69) is 0 Å². The van der Waals surface area contributed by atoms with Crippen LogP contribution in [0.25, 0.3) is 0 Å². The zero-order chi connectivity index (χ0) is 15.3. The highest BCUT2D eigenvalue weighted by molar-refractivity contribution is 5.29. The molecule has 0 radical (unpaired) electrons. The van der Waals surface area contributed by atoms with Gasteiger partial charge in [-0.1, -0.05) is 13.0 Å². The number of ether oxygens (including phenoxy) is 1. The van der Waals surface area contributed by atoms with Crippen LogP contribution in [0, 0.1) is 0 Å². The average molecular weight is 290 g/mol. The molecule has 0 aromatic rings. The van der Waals surface area contributed by atoms with Gasteiger partial charge in [-0.15, -0.1) is 0 Å². The summed E-state index contributed by atoms with van der Waals surface area (Å²) in [5.74, 6) is 0. The zero-order valence-electron chi connectivity index (χ0n) is 10.8. The summed E-state index contributed by atoms with van der Waals surface area (Å²) in [5.41, 5.74) is -1.01. The van der Waals surface area contributed by atoms with Crippen molar-refractivity contribution >= 4 is 0 Å². The number of rotatable bonds is 5. The second-order valence-corrected chi connectivity index (χ2v) is 3.93. The smallest absolute Gasteiger partial charge is 0.377 e. The Balaban J connectivity index is 5.33. The van der Waals surface area contributed by atoms with Crippen LogP contribution in [0.1, 0.15) is 26.7 Å². The highest BCUT2D eigenvalue weighted by Crippen LogP contribution is 2.31. The number of hydrogen-bond donors (Lipinski definition) is 0. The van der Waals surface area contributed by atoms with Gasteiger partial charge in [0.1, 0.15) is 0 Å². The second kappa shape index (κ2) is 6.98. The van der Waals surface area contributed by atoms with Crippen molar-refractivity contribution in [1.29, 1.82) is 0 Å². The molecule has 112 valence electrons. The van der Waals surface area contributed by atoms with Gasteiger partial charge in [0.2, 0.25) is 0 Å². The van der Waals surface area contributed by atoms with E-state index < -0.39 is 30.5 Å². The minimum absolute atomic E-state index is 0.151. The van der Waals surface area contributed by atoms with E-state index in [1.54, 1.807) is 6.92 Å². The van der Waals surface area contributed by atoms with E-state index in [-0.39, 0.29) is 18.1 Å². The van der Waals surface area contributed by atoms with E-state index in [4.69, 9.17) is 4.74 Å². The van der Waals surface area contributed by atoms with Crippen LogP contribution in [0.5, 0.6) is 0 Å². The molecule has 0 heterocycles. The van der Waals surface area contributed by atoms with Crippen molar-refractivity contribution in [3.05, 3.63) is 23.3 Å². The Morgan fingerprint density at radius 3 is 2.00 bits per heavy atom. The van der Waals surface area contributed by atoms with Gasteiger partial charge in [-0.3, -0.25) is 0 Å². The first-order valence-electron chi connectivity index (χ1n) is 5.58. The van der Waals surface area contributed by atoms with Gasteiger partial charge in [0.25, 0.3) is 0 Å². The lowest BCUT2D eigenvalue weighted by Crippen LogP contribution is -2.15. The van der Waals surface area contributed by atoms with Crippen molar-refractivity contribution in [3.63, 3.8) is 0 Å². The third kappa shape index (κ3) is 7.25. The summed E-state index contributed by atoms with van der Waals surface area (Å²) in [4.78, 5) is 0. The fraction of sp³-hybridized carbons (Fsp3) is 0.667. The van der Waals surface area contributed by atoms with E-state index >= 15 is 0 Å². The molecule has 1 nitrogen and oxygen atoms in total. The van der Waals surface area contributed by atoms with Crippen molar-refractivity contribution in [2.75, 3.05) is 7.11 Å². The molecule has 1 atom stereocenters. The fourth-order valence-electron chi connectivity index (χ4n) is 1.34. The Kier molecular flexibility index (Phi) is 6.62. The van der Waals surface area contributed by atoms with Crippen LogP contribution in [0.4, 0.5) is 26.3 Å². The third-order valence-corrected chi connectivity index (χ3v) is 2.51. The Hall–Kier alpha value is -0.980. The Morgan fingerprint density at radius 1 is 1.16 bits per heavy atom. The zero-order valence-corrected chi connectivity index (χ0v) is 10.8. The van der Waals surface area contributed by atoms with E-state index in [1.165, 1.54) is 14.0 Å². The summed E-state index contributed by atoms with van der Waals surface area (Å²) in [7, 11) is 1.32. The first-order valence-corrected chi connectivity index (χ1v) is 5.58. The summed E-state index contributed by atoms with van der Waals surface area (Å²) in [6, 6.07) is 0. The average Bonchev–Trinajstić information content (AvgIpc) is 2.25. The fourth-order valence-corrected chi connectivity index (χ4v) is 1.34. The molecule has 0 aromatic heterocycles. The van der Waals surface area contributed by atoms with Crippen LogP contribution in [0.15, 0.2) is 23.3 Å². The standard InChI is InChI=1S/C12H16F6O/c1-4-9(8(2)19-3)7-10(12(16,17)18)5-6-11(13,14)15/h5,7-8H,4,6H2,1-3H3/b9-7+,10-5+. The Morgan fingerprint density at radius 2 is 1.68 bits per heavy atom. The minimum Gasteiger partial charge on any atom is -0.377 e. The van der Waals surface area contributed by atoms with Gasteiger partial charge in [0.05, 0.1) is 18.1 Å². The maximum Gasteiger partial charge on any atom is 0.416 e. The maximum absolute atomic E-state index is 12.6. The van der Waals surface area contributed by atoms with Gasteiger partial charge < -0.3 is 4.74 Å². The predicted octanol–water partition coefficient (Wildman–Crippen LogP) is 4.80. The van der Waals surface area contributed by atoms with Gasteiger partial charge in [-0.05, 0) is 25.0 Å². The van der Waals surface area contributed by atoms with E-state index in [0.717, 1.165) is 6.08 Å². The number of methoxy groups -OCH3 is 1.